The number of nitriles is 1. The first kappa shape index (κ1) is 14.8. The van der Waals surface area contributed by atoms with Crippen LogP contribution >= 0.6 is 22.7 Å². The number of nitrogens with zero attached hydrogens (tertiary/aromatic N) is 1. The lowest BCUT2D eigenvalue weighted by Gasteiger charge is -2.04. The quantitative estimate of drug-likeness (QED) is 0.479. The van der Waals surface area contributed by atoms with Gasteiger partial charge in [0, 0.05) is 10.4 Å². The molecule has 2 aromatic carbocycles. The van der Waals surface area contributed by atoms with Gasteiger partial charge in [0.25, 0.3) is 4.74 Å². The molecule has 0 atom stereocenters. The minimum absolute atomic E-state index is 0.179. The highest BCUT2D eigenvalue weighted by Gasteiger charge is 2.17. The van der Waals surface area contributed by atoms with E-state index >= 15 is 0 Å². The Morgan fingerprint density at radius 2 is 1.46 bits per heavy atom. The van der Waals surface area contributed by atoms with Gasteiger partial charge >= 0.3 is 0 Å². The van der Waals surface area contributed by atoms with E-state index in [1.165, 1.54) is 0 Å². The summed E-state index contributed by atoms with van der Waals surface area (Å²) in [6.07, 6.45) is 0. The fourth-order valence-electron chi connectivity index (χ4n) is 2.72. The topological polar surface area (TPSA) is 40.9 Å². The molecule has 0 aliphatic rings. The zero-order valence-electron chi connectivity index (χ0n) is 12.5. The molecule has 0 bridgehead atoms. The van der Waals surface area contributed by atoms with Crippen molar-refractivity contribution in [2.24, 2.45) is 0 Å². The highest BCUT2D eigenvalue weighted by Crippen LogP contribution is 2.41. The highest BCUT2D eigenvalue weighted by molar-refractivity contribution is 7.28. The predicted octanol–water partition coefficient (Wildman–Crippen LogP) is 5.53. The monoisotopic (exact) mass is 345 g/mol. The Labute approximate surface area is 146 Å². The summed E-state index contributed by atoms with van der Waals surface area (Å²) in [6.45, 7) is 0. The molecule has 0 amide bonds. The van der Waals surface area contributed by atoms with Gasteiger partial charge in [0.2, 0.25) is 0 Å². The van der Waals surface area contributed by atoms with Crippen molar-refractivity contribution in [2.75, 3.05) is 0 Å². The van der Waals surface area contributed by atoms with Gasteiger partial charge in [0.1, 0.15) is 11.6 Å². The Morgan fingerprint density at radius 3 is 2.08 bits per heavy atom. The zero-order valence-corrected chi connectivity index (χ0v) is 14.2. The molecule has 2 heterocycles. The van der Waals surface area contributed by atoms with E-state index < -0.39 is 0 Å². The van der Waals surface area contributed by atoms with Gasteiger partial charge in [-0.2, -0.15) is 5.26 Å². The summed E-state index contributed by atoms with van der Waals surface area (Å²) in [5, 5.41) is 9.51. The van der Waals surface area contributed by atoms with Crippen LogP contribution in [-0.2, 0) is 0 Å². The lowest BCUT2D eigenvalue weighted by Crippen LogP contribution is -2.02. The average Bonchev–Trinajstić information content (AvgIpc) is 3.05. The normalized spacial score (nSPS) is 10.6. The first-order valence-corrected chi connectivity index (χ1v) is 9.03. The van der Waals surface area contributed by atoms with Crippen LogP contribution < -0.4 is 4.74 Å². The summed E-state index contributed by atoms with van der Waals surface area (Å²) in [7, 11) is 0. The van der Waals surface area contributed by atoms with Crippen molar-refractivity contribution < 1.29 is 0 Å². The third kappa shape index (κ3) is 2.44. The van der Waals surface area contributed by atoms with E-state index in [4.69, 9.17) is 0 Å². The Hall–Kier alpha value is -2.74. The maximum atomic E-state index is 12.4. The van der Waals surface area contributed by atoms with Crippen LogP contribution in [0.1, 0.15) is 5.56 Å². The Morgan fingerprint density at radius 1 is 0.833 bits per heavy atom. The van der Waals surface area contributed by atoms with Crippen LogP contribution in [0.2, 0.25) is 0 Å². The number of hydrogen-bond donors (Lipinski definition) is 0. The second kappa shape index (κ2) is 6.04. The van der Waals surface area contributed by atoms with E-state index in [9.17, 15) is 10.1 Å². The van der Waals surface area contributed by atoms with Crippen LogP contribution in [0.15, 0.2) is 71.5 Å². The Kier molecular flexibility index (Phi) is 3.73. The molecule has 0 unspecified atom stereocenters. The molecule has 4 heteroatoms. The molecule has 0 spiro atoms. The van der Waals surface area contributed by atoms with Gasteiger partial charge in [-0.3, -0.25) is 4.79 Å². The van der Waals surface area contributed by atoms with Crippen LogP contribution in [0, 0.1) is 11.3 Å². The molecular weight excluding hydrogens is 334 g/mol. The fourth-order valence-corrected chi connectivity index (χ4v) is 5.00. The Balaban J connectivity index is 2.07. The molecule has 24 heavy (non-hydrogen) atoms. The summed E-state index contributed by atoms with van der Waals surface area (Å²) >= 11 is 2.78. The van der Waals surface area contributed by atoms with Crippen LogP contribution in [0.25, 0.3) is 31.0 Å². The van der Waals surface area contributed by atoms with Crippen molar-refractivity contribution in [3.05, 3.63) is 81.8 Å². The van der Waals surface area contributed by atoms with Crippen molar-refractivity contribution in [3.8, 4) is 27.6 Å². The number of fused-ring (bicyclic) bond motifs is 1. The maximum absolute atomic E-state index is 12.4. The van der Waals surface area contributed by atoms with E-state index in [-0.39, 0.29) is 10.3 Å². The van der Waals surface area contributed by atoms with Crippen molar-refractivity contribution in [2.45, 2.75) is 0 Å². The molecule has 0 N–H and O–H groups in total. The molecule has 0 aliphatic carbocycles. The first-order chi connectivity index (χ1) is 11.8. The summed E-state index contributed by atoms with van der Waals surface area (Å²) in [4.78, 5) is 13.5. The summed E-state index contributed by atoms with van der Waals surface area (Å²) in [6, 6.07) is 23.9. The SMILES string of the molecule is N#Cc1c(-c2ccccc2)c2sc(-c3ccccc3)cc2sc1=O. The van der Waals surface area contributed by atoms with Gasteiger partial charge < -0.3 is 0 Å². The molecule has 0 saturated heterocycles. The number of thiophene rings is 1. The van der Waals surface area contributed by atoms with Gasteiger partial charge in [-0.25, -0.2) is 0 Å². The largest absolute Gasteiger partial charge is 0.276 e. The molecule has 114 valence electrons. The number of rotatable bonds is 2. The lowest BCUT2D eigenvalue weighted by atomic mass is 10.0. The van der Waals surface area contributed by atoms with Gasteiger partial charge in [-0.1, -0.05) is 72.0 Å². The zero-order chi connectivity index (χ0) is 16.5. The van der Waals surface area contributed by atoms with Crippen LogP contribution in [0.4, 0.5) is 0 Å². The van der Waals surface area contributed by atoms with E-state index in [0.29, 0.717) is 0 Å². The number of hydrogen-bond acceptors (Lipinski definition) is 4. The molecule has 2 aromatic heterocycles. The van der Waals surface area contributed by atoms with E-state index in [0.717, 1.165) is 42.3 Å². The fraction of sp³-hybridized carbons (Fsp3) is 0. The molecule has 0 fully saturated rings. The maximum Gasteiger partial charge on any atom is 0.251 e. The predicted molar refractivity (Wildman–Crippen MR) is 102 cm³/mol. The molecule has 2 nitrogen and oxygen atoms in total. The molecular formula is C20H11NOS2. The smallest absolute Gasteiger partial charge is 0.251 e. The van der Waals surface area contributed by atoms with E-state index in [1.807, 2.05) is 48.5 Å². The minimum atomic E-state index is -0.179. The van der Waals surface area contributed by atoms with Crippen LogP contribution in [0.5, 0.6) is 0 Å². The third-order valence-corrected chi connectivity index (χ3v) is 6.08. The van der Waals surface area contributed by atoms with Gasteiger partial charge in [-0.15, -0.1) is 11.3 Å². The van der Waals surface area contributed by atoms with Crippen molar-refractivity contribution in [3.63, 3.8) is 0 Å². The summed E-state index contributed by atoms with van der Waals surface area (Å²) in [5.74, 6) is 0. The van der Waals surface area contributed by atoms with Crippen molar-refractivity contribution in [1.29, 1.82) is 5.26 Å². The second-order valence-corrected chi connectivity index (χ2v) is 7.35. The molecule has 0 saturated carbocycles. The Bertz CT molecular complexity index is 1120. The van der Waals surface area contributed by atoms with E-state index in [1.54, 1.807) is 11.3 Å². The number of benzene rings is 2. The molecule has 4 rings (SSSR count). The minimum Gasteiger partial charge on any atom is -0.276 e. The van der Waals surface area contributed by atoms with E-state index in [2.05, 4.69) is 24.3 Å². The second-order valence-electron chi connectivity index (χ2n) is 5.29. The lowest BCUT2D eigenvalue weighted by molar-refractivity contribution is 1.49. The van der Waals surface area contributed by atoms with Crippen LogP contribution in [0.3, 0.4) is 0 Å². The summed E-state index contributed by atoms with van der Waals surface area (Å²) < 4.78 is 1.75. The first-order valence-electron chi connectivity index (χ1n) is 7.39. The van der Waals surface area contributed by atoms with Crippen molar-refractivity contribution >= 4 is 32.1 Å². The van der Waals surface area contributed by atoms with Gasteiger partial charge in [0.15, 0.2) is 0 Å². The third-order valence-electron chi connectivity index (χ3n) is 3.81. The standard InChI is InChI=1S/C20H11NOS2/c21-12-15-18(14-9-5-2-6-10-14)19-17(24-20(15)22)11-16(23-19)13-7-3-1-4-8-13/h1-11H. The average molecular weight is 345 g/mol. The molecule has 0 radical (unpaired) electrons. The van der Waals surface area contributed by atoms with Gasteiger partial charge in [0.05, 0.1) is 9.40 Å². The summed E-state index contributed by atoms with van der Waals surface area (Å²) in [5.41, 5.74) is 3.02. The molecule has 0 aliphatic heterocycles. The van der Waals surface area contributed by atoms with Crippen molar-refractivity contribution in [1.82, 2.24) is 0 Å². The van der Waals surface area contributed by atoms with Crippen LogP contribution in [-0.4, -0.2) is 0 Å². The van der Waals surface area contributed by atoms with Gasteiger partial charge in [-0.05, 0) is 17.2 Å². The highest BCUT2D eigenvalue weighted by atomic mass is 32.1. The molecule has 4 aromatic rings.